The molecule has 0 unspecified atom stereocenters. The second kappa shape index (κ2) is 6.14. The van der Waals surface area contributed by atoms with Crippen molar-refractivity contribution in [1.82, 2.24) is 4.90 Å². The van der Waals surface area contributed by atoms with Crippen LogP contribution in [0.3, 0.4) is 0 Å². The molecule has 1 aliphatic heterocycles. The van der Waals surface area contributed by atoms with Crippen LogP contribution in [-0.2, 0) is 13.1 Å². The summed E-state index contributed by atoms with van der Waals surface area (Å²) in [5, 5.41) is 3.39. The Hall–Kier alpha value is -1.74. The summed E-state index contributed by atoms with van der Waals surface area (Å²) in [5.41, 5.74) is 2.54. The largest absolute Gasteiger partial charge is 0.465 e. The molecule has 1 aromatic heterocycles. The van der Waals surface area contributed by atoms with Crippen molar-refractivity contribution in [2.24, 2.45) is 0 Å². The van der Waals surface area contributed by atoms with Crippen molar-refractivity contribution in [1.29, 1.82) is 0 Å². The van der Waals surface area contributed by atoms with Crippen LogP contribution in [0.4, 0.5) is 5.69 Å². The number of likely N-dealkylation sites (tertiary alicyclic amines) is 1. The number of rotatable bonds is 5. The van der Waals surface area contributed by atoms with E-state index in [4.69, 9.17) is 4.42 Å². The third-order valence-electron chi connectivity index (χ3n) is 3.82. The van der Waals surface area contributed by atoms with Crippen LogP contribution in [0.15, 0.2) is 40.8 Å². The third-order valence-corrected chi connectivity index (χ3v) is 3.82. The summed E-state index contributed by atoms with van der Waals surface area (Å²) < 4.78 is 5.55. The van der Waals surface area contributed by atoms with Crippen LogP contribution < -0.4 is 5.32 Å². The zero-order chi connectivity index (χ0) is 13.8. The fourth-order valence-electron chi connectivity index (χ4n) is 2.70. The molecule has 0 saturated carbocycles. The average Bonchev–Trinajstić information content (AvgIpc) is 3.10. The monoisotopic (exact) mass is 270 g/mol. The van der Waals surface area contributed by atoms with Gasteiger partial charge in [0.1, 0.15) is 11.5 Å². The van der Waals surface area contributed by atoms with E-state index < -0.39 is 0 Å². The molecule has 0 bridgehead atoms. The lowest BCUT2D eigenvalue weighted by Gasteiger charge is -2.14. The number of nitrogens with one attached hydrogen (secondary N) is 1. The standard InChI is InChI=1S/C17H22N2O/c1-14-4-9-17(20-14)12-18-16-7-5-15(6-8-16)13-19-10-2-3-11-19/h4-9,18H,2-3,10-13H2,1H3. The Bertz CT molecular complexity index is 538. The predicted molar refractivity (Wildman–Crippen MR) is 81.7 cm³/mol. The first kappa shape index (κ1) is 13.3. The summed E-state index contributed by atoms with van der Waals surface area (Å²) in [5.74, 6) is 1.94. The Balaban J connectivity index is 1.52. The van der Waals surface area contributed by atoms with Crippen molar-refractivity contribution >= 4 is 5.69 Å². The lowest BCUT2D eigenvalue weighted by Crippen LogP contribution is -2.18. The average molecular weight is 270 g/mol. The summed E-state index contributed by atoms with van der Waals surface area (Å²) >= 11 is 0. The van der Waals surface area contributed by atoms with Crippen LogP contribution in [0, 0.1) is 6.92 Å². The van der Waals surface area contributed by atoms with E-state index in [-0.39, 0.29) is 0 Å². The molecule has 0 aliphatic carbocycles. The van der Waals surface area contributed by atoms with Gasteiger partial charge in [-0.2, -0.15) is 0 Å². The highest BCUT2D eigenvalue weighted by Gasteiger charge is 2.11. The molecule has 1 N–H and O–H groups in total. The maximum absolute atomic E-state index is 5.55. The summed E-state index contributed by atoms with van der Waals surface area (Å²) in [6.07, 6.45) is 2.70. The second-order valence-electron chi connectivity index (χ2n) is 5.55. The minimum absolute atomic E-state index is 0.735. The van der Waals surface area contributed by atoms with E-state index in [0.717, 1.165) is 30.3 Å². The lowest BCUT2D eigenvalue weighted by atomic mass is 10.2. The highest BCUT2D eigenvalue weighted by atomic mass is 16.3. The van der Waals surface area contributed by atoms with E-state index in [2.05, 4.69) is 34.5 Å². The highest BCUT2D eigenvalue weighted by molar-refractivity contribution is 5.44. The van der Waals surface area contributed by atoms with Gasteiger partial charge in [-0.05, 0) is 62.7 Å². The van der Waals surface area contributed by atoms with Gasteiger partial charge in [-0.15, -0.1) is 0 Å². The number of benzene rings is 1. The number of hydrogen-bond acceptors (Lipinski definition) is 3. The smallest absolute Gasteiger partial charge is 0.123 e. The zero-order valence-corrected chi connectivity index (χ0v) is 12.1. The Morgan fingerprint density at radius 1 is 1.05 bits per heavy atom. The van der Waals surface area contributed by atoms with Gasteiger partial charge in [-0.25, -0.2) is 0 Å². The fraction of sp³-hybridized carbons (Fsp3) is 0.412. The lowest BCUT2D eigenvalue weighted by molar-refractivity contribution is 0.331. The number of aryl methyl sites for hydroxylation is 1. The summed E-state index contributed by atoms with van der Waals surface area (Å²) in [4.78, 5) is 2.52. The van der Waals surface area contributed by atoms with Crippen molar-refractivity contribution in [2.75, 3.05) is 18.4 Å². The maximum Gasteiger partial charge on any atom is 0.123 e. The van der Waals surface area contributed by atoms with Gasteiger partial charge in [0.05, 0.1) is 6.54 Å². The van der Waals surface area contributed by atoms with Gasteiger partial charge < -0.3 is 9.73 Å². The summed E-state index contributed by atoms with van der Waals surface area (Å²) in [6.45, 7) is 6.28. The van der Waals surface area contributed by atoms with Gasteiger partial charge in [-0.3, -0.25) is 4.90 Å². The topological polar surface area (TPSA) is 28.4 Å². The molecule has 0 atom stereocenters. The molecule has 1 saturated heterocycles. The Labute approximate surface area is 120 Å². The van der Waals surface area contributed by atoms with Gasteiger partial charge in [0.25, 0.3) is 0 Å². The van der Waals surface area contributed by atoms with Crippen molar-refractivity contribution in [3.63, 3.8) is 0 Å². The van der Waals surface area contributed by atoms with Crippen LogP contribution in [0.2, 0.25) is 0 Å². The van der Waals surface area contributed by atoms with Gasteiger partial charge in [0.15, 0.2) is 0 Å². The van der Waals surface area contributed by atoms with Crippen molar-refractivity contribution in [3.05, 3.63) is 53.5 Å². The molecule has 3 nitrogen and oxygen atoms in total. The van der Waals surface area contributed by atoms with Gasteiger partial charge in [0, 0.05) is 12.2 Å². The number of furan rings is 1. The Morgan fingerprint density at radius 2 is 1.80 bits per heavy atom. The molecule has 0 spiro atoms. The molecular formula is C17H22N2O. The molecule has 0 radical (unpaired) electrons. The molecule has 3 rings (SSSR count). The molecule has 1 aliphatic rings. The quantitative estimate of drug-likeness (QED) is 0.896. The van der Waals surface area contributed by atoms with Crippen LogP contribution in [-0.4, -0.2) is 18.0 Å². The molecule has 3 heteroatoms. The predicted octanol–water partition coefficient (Wildman–Crippen LogP) is 3.80. The first-order chi connectivity index (χ1) is 9.79. The van der Waals surface area contributed by atoms with Gasteiger partial charge in [0.2, 0.25) is 0 Å². The molecule has 1 aromatic carbocycles. The molecule has 2 heterocycles. The van der Waals surface area contributed by atoms with E-state index in [1.807, 2.05) is 19.1 Å². The second-order valence-corrected chi connectivity index (χ2v) is 5.55. The maximum atomic E-state index is 5.55. The minimum Gasteiger partial charge on any atom is -0.465 e. The van der Waals surface area contributed by atoms with Crippen molar-refractivity contribution in [3.8, 4) is 0 Å². The van der Waals surface area contributed by atoms with E-state index in [9.17, 15) is 0 Å². The molecule has 0 amide bonds. The van der Waals surface area contributed by atoms with Crippen molar-refractivity contribution < 1.29 is 4.42 Å². The molecule has 106 valence electrons. The first-order valence-corrected chi connectivity index (χ1v) is 7.40. The minimum atomic E-state index is 0.735. The van der Waals surface area contributed by atoms with Crippen LogP contribution in [0.1, 0.15) is 29.9 Å². The highest BCUT2D eigenvalue weighted by Crippen LogP contribution is 2.16. The van der Waals surface area contributed by atoms with Crippen molar-refractivity contribution in [2.45, 2.75) is 32.9 Å². The SMILES string of the molecule is Cc1ccc(CNc2ccc(CN3CCCC3)cc2)o1. The summed E-state index contributed by atoms with van der Waals surface area (Å²) in [6, 6.07) is 12.8. The van der Waals surface area contributed by atoms with E-state index in [1.54, 1.807) is 0 Å². The third kappa shape index (κ3) is 3.42. The zero-order valence-electron chi connectivity index (χ0n) is 12.1. The molecule has 2 aromatic rings. The van der Waals surface area contributed by atoms with Crippen LogP contribution >= 0.6 is 0 Å². The van der Waals surface area contributed by atoms with E-state index in [0.29, 0.717) is 0 Å². The number of anilines is 1. The Morgan fingerprint density at radius 3 is 2.45 bits per heavy atom. The molecule has 20 heavy (non-hydrogen) atoms. The van der Waals surface area contributed by atoms with Gasteiger partial charge in [-0.1, -0.05) is 12.1 Å². The van der Waals surface area contributed by atoms with Gasteiger partial charge >= 0.3 is 0 Å². The van der Waals surface area contributed by atoms with E-state index >= 15 is 0 Å². The normalized spacial score (nSPS) is 15.7. The van der Waals surface area contributed by atoms with Crippen LogP contribution in [0.5, 0.6) is 0 Å². The first-order valence-electron chi connectivity index (χ1n) is 7.40. The molecular weight excluding hydrogens is 248 g/mol. The number of nitrogens with zero attached hydrogens (tertiary/aromatic N) is 1. The number of hydrogen-bond donors (Lipinski definition) is 1. The Kier molecular flexibility index (Phi) is 4.07. The van der Waals surface area contributed by atoms with E-state index in [1.165, 1.54) is 31.5 Å². The van der Waals surface area contributed by atoms with Crippen LogP contribution in [0.25, 0.3) is 0 Å². The molecule has 1 fully saturated rings. The summed E-state index contributed by atoms with van der Waals surface area (Å²) in [7, 11) is 0. The fourth-order valence-corrected chi connectivity index (χ4v) is 2.70.